The van der Waals surface area contributed by atoms with Gasteiger partial charge in [-0.25, -0.2) is 4.98 Å². The zero-order valence-electron chi connectivity index (χ0n) is 10.8. The number of nitrogens with zero attached hydrogens (tertiary/aromatic N) is 3. The molecule has 100 valence electrons. The standard InChI is InChI=1S/C14H12N4O2/c1-19-11-4-2-3-9(7-11)13-17-14(20-18-13)10-5-6-12(15)16-8-10/h2-8H,1H3,(H2,15,16). The van der Waals surface area contributed by atoms with Crippen molar-refractivity contribution in [1.82, 2.24) is 15.1 Å². The molecule has 0 saturated heterocycles. The van der Waals surface area contributed by atoms with Crippen molar-refractivity contribution in [3.8, 4) is 28.6 Å². The van der Waals surface area contributed by atoms with Crippen LogP contribution in [0, 0.1) is 0 Å². The number of pyridine rings is 1. The average molecular weight is 268 g/mol. The Bertz CT molecular complexity index is 722. The van der Waals surface area contributed by atoms with E-state index in [9.17, 15) is 0 Å². The predicted molar refractivity (Wildman–Crippen MR) is 73.9 cm³/mol. The molecule has 0 fully saturated rings. The van der Waals surface area contributed by atoms with Gasteiger partial charge in [-0.05, 0) is 24.3 Å². The van der Waals surface area contributed by atoms with Crippen LogP contribution in [0.3, 0.4) is 0 Å². The molecule has 2 aromatic heterocycles. The molecular weight excluding hydrogens is 256 g/mol. The van der Waals surface area contributed by atoms with Crippen LogP contribution < -0.4 is 10.5 Å². The van der Waals surface area contributed by atoms with Gasteiger partial charge in [-0.2, -0.15) is 4.98 Å². The lowest BCUT2D eigenvalue weighted by Gasteiger charge is -1.99. The first-order valence-corrected chi connectivity index (χ1v) is 5.96. The molecule has 6 heteroatoms. The monoisotopic (exact) mass is 268 g/mol. The zero-order valence-corrected chi connectivity index (χ0v) is 10.8. The Labute approximate surface area is 115 Å². The number of rotatable bonds is 3. The number of hydrogen-bond donors (Lipinski definition) is 1. The third-order valence-corrected chi connectivity index (χ3v) is 2.79. The molecule has 20 heavy (non-hydrogen) atoms. The van der Waals surface area contributed by atoms with Crippen molar-refractivity contribution >= 4 is 5.82 Å². The Morgan fingerprint density at radius 2 is 2.05 bits per heavy atom. The van der Waals surface area contributed by atoms with Gasteiger partial charge < -0.3 is 15.0 Å². The van der Waals surface area contributed by atoms with Crippen molar-refractivity contribution < 1.29 is 9.26 Å². The maximum absolute atomic E-state index is 5.54. The van der Waals surface area contributed by atoms with Gasteiger partial charge in [0.25, 0.3) is 5.89 Å². The molecule has 0 aliphatic heterocycles. The van der Waals surface area contributed by atoms with Crippen LogP contribution in [0.15, 0.2) is 47.1 Å². The Kier molecular flexibility index (Phi) is 3.04. The maximum Gasteiger partial charge on any atom is 0.259 e. The Morgan fingerprint density at radius 3 is 2.80 bits per heavy atom. The molecule has 2 heterocycles. The molecule has 0 saturated carbocycles. The van der Waals surface area contributed by atoms with Crippen molar-refractivity contribution in [2.75, 3.05) is 12.8 Å². The van der Waals surface area contributed by atoms with Crippen LogP contribution in [-0.2, 0) is 0 Å². The molecule has 3 rings (SSSR count). The number of hydrogen-bond acceptors (Lipinski definition) is 6. The minimum absolute atomic E-state index is 0.398. The highest BCUT2D eigenvalue weighted by atomic mass is 16.5. The second-order valence-corrected chi connectivity index (χ2v) is 4.13. The number of nitrogens with two attached hydrogens (primary N) is 1. The summed E-state index contributed by atoms with van der Waals surface area (Å²) in [5, 5.41) is 3.96. The lowest BCUT2D eigenvalue weighted by molar-refractivity contribution is 0.414. The molecule has 2 N–H and O–H groups in total. The van der Waals surface area contributed by atoms with Gasteiger partial charge in [-0.15, -0.1) is 0 Å². The summed E-state index contributed by atoms with van der Waals surface area (Å²) in [5.41, 5.74) is 7.09. The van der Waals surface area contributed by atoms with E-state index in [0.717, 1.165) is 16.9 Å². The molecular formula is C14H12N4O2. The van der Waals surface area contributed by atoms with Crippen LogP contribution in [0.5, 0.6) is 5.75 Å². The maximum atomic E-state index is 5.54. The van der Waals surface area contributed by atoms with Crippen molar-refractivity contribution in [2.45, 2.75) is 0 Å². The van der Waals surface area contributed by atoms with Crippen molar-refractivity contribution in [3.63, 3.8) is 0 Å². The number of aromatic nitrogens is 3. The van der Waals surface area contributed by atoms with E-state index in [1.165, 1.54) is 0 Å². The van der Waals surface area contributed by atoms with E-state index >= 15 is 0 Å². The molecule has 3 aromatic rings. The highest BCUT2D eigenvalue weighted by Crippen LogP contribution is 2.24. The summed E-state index contributed by atoms with van der Waals surface area (Å²) >= 11 is 0. The van der Waals surface area contributed by atoms with Crippen molar-refractivity contribution in [3.05, 3.63) is 42.6 Å². The quantitative estimate of drug-likeness (QED) is 0.784. The molecule has 0 aliphatic rings. The fourth-order valence-corrected chi connectivity index (χ4v) is 1.75. The highest BCUT2D eigenvalue weighted by molar-refractivity contribution is 5.61. The summed E-state index contributed by atoms with van der Waals surface area (Å²) in [6, 6.07) is 10.9. The summed E-state index contributed by atoms with van der Waals surface area (Å²) in [5.74, 6) is 2.08. The van der Waals surface area contributed by atoms with Crippen LogP contribution in [0.4, 0.5) is 5.82 Å². The van der Waals surface area contributed by atoms with E-state index in [1.54, 1.807) is 25.4 Å². The lowest BCUT2D eigenvalue weighted by Crippen LogP contribution is -1.89. The van der Waals surface area contributed by atoms with Gasteiger partial charge in [0.15, 0.2) is 0 Å². The molecule has 0 unspecified atom stereocenters. The van der Waals surface area contributed by atoms with Crippen molar-refractivity contribution in [2.24, 2.45) is 0 Å². The molecule has 1 aromatic carbocycles. The first kappa shape index (κ1) is 12.2. The smallest absolute Gasteiger partial charge is 0.259 e. The first-order valence-electron chi connectivity index (χ1n) is 5.96. The first-order chi connectivity index (χ1) is 9.76. The number of methoxy groups -OCH3 is 1. The number of anilines is 1. The molecule has 0 atom stereocenters. The van der Waals surface area contributed by atoms with E-state index in [0.29, 0.717) is 17.5 Å². The van der Waals surface area contributed by atoms with E-state index in [2.05, 4.69) is 15.1 Å². The fraction of sp³-hybridized carbons (Fsp3) is 0.0714. The van der Waals surface area contributed by atoms with E-state index in [4.69, 9.17) is 15.0 Å². The fourth-order valence-electron chi connectivity index (χ4n) is 1.75. The molecule has 0 bridgehead atoms. The average Bonchev–Trinajstić information content (AvgIpc) is 2.98. The number of benzene rings is 1. The van der Waals surface area contributed by atoms with Gasteiger partial charge in [0.05, 0.1) is 12.7 Å². The van der Waals surface area contributed by atoms with E-state index in [-0.39, 0.29) is 0 Å². The zero-order chi connectivity index (χ0) is 13.9. The van der Waals surface area contributed by atoms with Crippen LogP contribution in [0.2, 0.25) is 0 Å². The molecule has 6 nitrogen and oxygen atoms in total. The molecule has 0 amide bonds. The summed E-state index contributed by atoms with van der Waals surface area (Å²) < 4.78 is 10.4. The van der Waals surface area contributed by atoms with Crippen LogP contribution in [0.25, 0.3) is 22.8 Å². The van der Waals surface area contributed by atoms with Gasteiger partial charge in [0, 0.05) is 11.8 Å². The largest absolute Gasteiger partial charge is 0.497 e. The summed E-state index contributed by atoms with van der Waals surface area (Å²) in [7, 11) is 1.61. The predicted octanol–water partition coefficient (Wildman–Crippen LogP) is 2.39. The van der Waals surface area contributed by atoms with Crippen LogP contribution in [-0.4, -0.2) is 22.2 Å². The normalized spacial score (nSPS) is 10.4. The van der Waals surface area contributed by atoms with Gasteiger partial charge >= 0.3 is 0 Å². The Hall–Kier alpha value is -2.89. The van der Waals surface area contributed by atoms with Gasteiger partial charge in [0.1, 0.15) is 11.6 Å². The topological polar surface area (TPSA) is 87.1 Å². The third kappa shape index (κ3) is 2.31. The summed E-state index contributed by atoms with van der Waals surface area (Å²) in [4.78, 5) is 8.34. The lowest BCUT2D eigenvalue weighted by atomic mass is 10.2. The summed E-state index contributed by atoms with van der Waals surface area (Å²) in [6.45, 7) is 0. The number of nitrogen functional groups attached to an aromatic ring is 1. The SMILES string of the molecule is COc1cccc(-c2noc(-c3ccc(N)nc3)n2)c1. The third-order valence-electron chi connectivity index (χ3n) is 2.79. The van der Waals surface area contributed by atoms with Gasteiger partial charge in [-0.3, -0.25) is 0 Å². The van der Waals surface area contributed by atoms with Crippen LogP contribution in [0.1, 0.15) is 0 Å². The highest BCUT2D eigenvalue weighted by Gasteiger charge is 2.11. The molecule has 0 aliphatic carbocycles. The van der Waals surface area contributed by atoms with Gasteiger partial charge in [0.2, 0.25) is 5.82 Å². The Morgan fingerprint density at radius 1 is 1.15 bits per heavy atom. The number of ether oxygens (including phenoxy) is 1. The second kappa shape index (κ2) is 5.00. The Balaban J connectivity index is 1.95. The molecule has 0 radical (unpaired) electrons. The van der Waals surface area contributed by atoms with E-state index in [1.807, 2.05) is 24.3 Å². The van der Waals surface area contributed by atoms with Crippen molar-refractivity contribution in [1.29, 1.82) is 0 Å². The van der Waals surface area contributed by atoms with Gasteiger partial charge in [-0.1, -0.05) is 17.3 Å². The molecule has 0 spiro atoms. The van der Waals surface area contributed by atoms with E-state index < -0.39 is 0 Å². The second-order valence-electron chi connectivity index (χ2n) is 4.13. The minimum atomic E-state index is 0.398. The van der Waals surface area contributed by atoms with Crippen LogP contribution >= 0.6 is 0 Å². The minimum Gasteiger partial charge on any atom is -0.497 e. The summed E-state index contributed by atoms with van der Waals surface area (Å²) in [6.07, 6.45) is 1.60.